The monoisotopic (exact) mass is 271 g/mol. The van der Waals surface area contributed by atoms with Crippen LogP contribution in [-0.2, 0) is 0 Å². The molecule has 0 amide bonds. The molecule has 0 atom stereocenters. The van der Waals surface area contributed by atoms with Crippen LogP contribution in [0.25, 0.3) is 5.57 Å². The highest BCUT2D eigenvalue weighted by Gasteiger charge is 2.09. The molecule has 4 heteroatoms. The fourth-order valence-corrected chi connectivity index (χ4v) is 2.00. The number of methoxy groups -OCH3 is 2. The smallest absolute Gasteiger partial charge is 0.123 e. The number of phenolic OH excluding ortho intramolecular Hbond substituents is 1. The second-order valence-corrected chi connectivity index (χ2v) is 4.23. The summed E-state index contributed by atoms with van der Waals surface area (Å²) in [4.78, 5) is 0. The normalized spacial score (nSPS) is 11.2. The fraction of sp³-hybridized carbons (Fsp3) is 0.125. The first-order valence-electron chi connectivity index (χ1n) is 6.12. The lowest BCUT2D eigenvalue weighted by molar-refractivity contribution is 0.394. The van der Waals surface area contributed by atoms with E-state index in [2.05, 4.69) is 0 Å². The highest BCUT2D eigenvalue weighted by molar-refractivity contribution is 5.81. The average molecular weight is 271 g/mol. The van der Waals surface area contributed by atoms with E-state index in [4.69, 9.17) is 15.2 Å². The third-order valence-corrected chi connectivity index (χ3v) is 2.99. The van der Waals surface area contributed by atoms with E-state index in [1.807, 2.05) is 18.2 Å². The maximum atomic E-state index is 9.59. The van der Waals surface area contributed by atoms with Crippen LogP contribution in [0.1, 0.15) is 11.1 Å². The van der Waals surface area contributed by atoms with Crippen LogP contribution in [0.2, 0.25) is 0 Å². The summed E-state index contributed by atoms with van der Waals surface area (Å²) in [7, 11) is 3.19. The number of hydrogen-bond donors (Lipinski definition) is 2. The molecule has 0 bridgehead atoms. The van der Waals surface area contributed by atoms with E-state index in [9.17, 15) is 5.11 Å². The van der Waals surface area contributed by atoms with Gasteiger partial charge in [-0.1, -0.05) is 12.1 Å². The first-order valence-corrected chi connectivity index (χ1v) is 6.12. The number of benzene rings is 2. The van der Waals surface area contributed by atoms with E-state index in [0.717, 1.165) is 16.7 Å². The molecule has 3 N–H and O–H groups in total. The van der Waals surface area contributed by atoms with Crippen LogP contribution in [0.5, 0.6) is 17.2 Å². The Morgan fingerprint density at radius 2 is 1.65 bits per heavy atom. The van der Waals surface area contributed by atoms with Crippen LogP contribution in [0.3, 0.4) is 0 Å². The van der Waals surface area contributed by atoms with Crippen LogP contribution in [0, 0.1) is 0 Å². The van der Waals surface area contributed by atoms with E-state index < -0.39 is 0 Å². The van der Waals surface area contributed by atoms with Gasteiger partial charge in [0.15, 0.2) is 0 Å². The Kier molecular flexibility index (Phi) is 4.15. The van der Waals surface area contributed by atoms with Gasteiger partial charge >= 0.3 is 0 Å². The predicted octanol–water partition coefficient (Wildman–Crippen LogP) is 2.76. The molecule has 0 radical (unpaired) electrons. The number of rotatable bonds is 4. The Balaban J connectivity index is 2.52. The number of hydrogen-bond acceptors (Lipinski definition) is 4. The van der Waals surface area contributed by atoms with Crippen molar-refractivity contribution >= 4 is 5.57 Å². The number of nitrogens with two attached hydrogens (primary N) is 1. The van der Waals surface area contributed by atoms with Gasteiger partial charge in [-0.15, -0.1) is 0 Å². The molecule has 0 fully saturated rings. The summed E-state index contributed by atoms with van der Waals surface area (Å²) in [6, 6.07) is 12.4. The van der Waals surface area contributed by atoms with Crippen molar-refractivity contribution in [3.63, 3.8) is 0 Å². The third-order valence-electron chi connectivity index (χ3n) is 2.99. The molecule has 0 saturated carbocycles. The second-order valence-electron chi connectivity index (χ2n) is 4.23. The third kappa shape index (κ3) is 2.85. The molecule has 0 saturated heterocycles. The maximum absolute atomic E-state index is 9.59. The zero-order chi connectivity index (χ0) is 14.5. The molecule has 4 nitrogen and oxygen atoms in total. The molecule has 0 aliphatic carbocycles. The Bertz CT molecular complexity index is 613. The van der Waals surface area contributed by atoms with Crippen LogP contribution >= 0.6 is 0 Å². The van der Waals surface area contributed by atoms with Crippen LogP contribution in [0.4, 0.5) is 0 Å². The topological polar surface area (TPSA) is 64.7 Å². The van der Waals surface area contributed by atoms with Crippen molar-refractivity contribution in [2.45, 2.75) is 0 Å². The van der Waals surface area contributed by atoms with Gasteiger partial charge in [0.05, 0.1) is 14.2 Å². The maximum Gasteiger partial charge on any atom is 0.123 e. The van der Waals surface area contributed by atoms with E-state index >= 15 is 0 Å². The largest absolute Gasteiger partial charge is 0.508 e. The molecule has 2 aromatic carbocycles. The summed E-state index contributed by atoms with van der Waals surface area (Å²) < 4.78 is 10.5. The number of aromatic hydroxyl groups is 1. The molecule has 0 aliphatic heterocycles. The minimum absolute atomic E-state index is 0.191. The lowest BCUT2D eigenvalue weighted by Gasteiger charge is -2.12. The molecule has 2 rings (SSSR count). The Morgan fingerprint density at radius 3 is 2.15 bits per heavy atom. The Hall–Kier alpha value is -2.62. The van der Waals surface area contributed by atoms with Crippen LogP contribution in [0.15, 0.2) is 48.7 Å². The Labute approximate surface area is 118 Å². The van der Waals surface area contributed by atoms with Crippen molar-refractivity contribution in [3.8, 4) is 17.2 Å². The van der Waals surface area contributed by atoms with Crippen LogP contribution in [-0.4, -0.2) is 19.3 Å². The van der Waals surface area contributed by atoms with Gasteiger partial charge in [-0.05, 0) is 35.4 Å². The van der Waals surface area contributed by atoms with Crippen molar-refractivity contribution < 1.29 is 14.6 Å². The lowest BCUT2D eigenvalue weighted by atomic mass is 9.98. The molecule has 0 spiro atoms. The first kappa shape index (κ1) is 13.8. The van der Waals surface area contributed by atoms with Gasteiger partial charge in [-0.2, -0.15) is 0 Å². The van der Waals surface area contributed by atoms with Crippen molar-refractivity contribution in [3.05, 3.63) is 59.8 Å². The average Bonchev–Trinajstić information content (AvgIpc) is 2.47. The van der Waals surface area contributed by atoms with Gasteiger partial charge in [0.25, 0.3) is 0 Å². The van der Waals surface area contributed by atoms with Crippen molar-refractivity contribution in [2.24, 2.45) is 5.73 Å². The first-order chi connectivity index (χ1) is 9.67. The SMILES string of the molecule is COc1cc(OC)cc(C(=CN)c2cccc(O)c2)c1. The molecule has 20 heavy (non-hydrogen) atoms. The second kappa shape index (κ2) is 6.02. The highest BCUT2D eigenvalue weighted by atomic mass is 16.5. The van der Waals surface area contributed by atoms with Gasteiger partial charge in [-0.3, -0.25) is 0 Å². The van der Waals surface area contributed by atoms with Crippen molar-refractivity contribution in [1.29, 1.82) is 0 Å². The fourth-order valence-electron chi connectivity index (χ4n) is 2.00. The summed E-state index contributed by atoms with van der Waals surface area (Å²) in [6.45, 7) is 0. The summed E-state index contributed by atoms with van der Waals surface area (Å²) in [6.07, 6.45) is 1.50. The van der Waals surface area contributed by atoms with Gasteiger partial charge < -0.3 is 20.3 Å². The van der Waals surface area contributed by atoms with E-state index in [0.29, 0.717) is 11.5 Å². The number of ether oxygens (including phenoxy) is 2. The predicted molar refractivity (Wildman–Crippen MR) is 78.9 cm³/mol. The summed E-state index contributed by atoms with van der Waals surface area (Å²) in [5.74, 6) is 1.55. The van der Waals surface area contributed by atoms with Gasteiger partial charge in [0.2, 0.25) is 0 Å². The van der Waals surface area contributed by atoms with E-state index in [1.165, 1.54) is 6.20 Å². The van der Waals surface area contributed by atoms with Gasteiger partial charge in [-0.25, -0.2) is 0 Å². The zero-order valence-corrected chi connectivity index (χ0v) is 11.5. The highest BCUT2D eigenvalue weighted by Crippen LogP contribution is 2.31. The number of phenols is 1. The summed E-state index contributed by atoms with van der Waals surface area (Å²) in [5, 5.41) is 9.59. The minimum Gasteiger partial charge on any atom is -0.508 e. The lowest BCUT2D eigenvalue weighted by Crippen LogP contribution is -1.95. The molecule has 0 heterocycles. The molecular formula is C16H17NO3. The Morgan fingerprint density at radius 1 is 1.00 bits per heavy atom. The minimum atomic E-state index is 0.191. The molecule has 2 aromatic rings. The van der Waals surface area contributed by atoms with Crippen molar-refractivity contribution in [2.75, 3.05) is 14.2 Å². The molecule has 0 aromatic heterocycles. The molecule has 0 aliphatic rings. The van der Waals surface area contributed by atoms with Gasteiger partial charge in [0.1, 0.15) is 17.2 Å². The molecular weight excluding hydrogens is 254 g/mol. The van der Waals surface area contributed by atoms with Crippen molar-refractivity contribution in [1.82, 2.24) is 0 Å². The quantitative estimate of drug-likeness (QED) is 0.897. The van der Waals surface area contributed by atoms with E-state index in [1.54, 1.807) is 38.5 Å². The molecule has 0 unspecified atom stereocenters. The summed E-state index contributed by atoms with van der Waals surface area (Å²) in [5.41, 5.74) is 8.21. The standard InChI is InChI=1S/C16H17NO3/c1-19-14-7-12(8-15(9-14)20-2)16(10-17)11-4-3-5-13(18)6-11/h3-10,18H,17H2,1-2H3. The van der Waals surface area contributed by atoms with Crippen LogP contribution < -0.4 is 15.2 Å². The van der Waals surface area contributed by atoms with E-state index in [-0.39, 0.29) is 5.75 Å². The zero-order valence-electron chi connectivity index (χ0n) is 11.5. The summed E-state index contributed by atoms with van der Waals surface area (Å²) >= 11 is 0. The van der Waals surface area contributed by atoms with Gasteiger partial charge in [0, 0.05) is 17.8 Å². The molecule has 104 valence electrons.